The van der Waals surface area contributed by atoms with E-state index >= 15 is 0 Å². The van der Waals surface area contributed by atoms with E-state index < -0.39 is 0 Å². The summed E-state index contributed by atoms with van der Waals surface area (Å²) in [5.41, 5.74) is 0.566. The van der Waals surface area contributed by atoms with Crippen molar-refractivity contribution in [3.8, 4) is 0 Å². The van der Waals surface area contributed by atoms with Crippen LogP contribution in [0.2, 0.25) is 0 Å². The number of hydrogen-bond donors (Lipinski definition) is 2. The summed E-state index contributed by atoms with van der Waals surface area (Å²) in [6.45, 7) is 0.511. The number of rotatable bonds is 4. The molecule has 1 heterocycles. The first kappa shape index (κ1) is 13.8. The predicted octanol–water partition coefficient (Wildman–Crippen LogP) is 1.77. The fraction of sp³-hybridized carbons (Fsp3) is 0.438. The Labute approximate surface area is 122 Å². The molecule has 110 valence electrons. The lowest BCUT2D eigenvalue weighted by Crippen LogP contribution is -2.31. The van der Waals surface area contributed by atoms with Crippen LogP contribution in [0.15, 0.2) is 29.1 Å². The number of para-hydroxylation sites is 1. The minimum absolute atomic E-state index is 0.127. The molecule has 5 heteroatoms. The van der Waals surface area contributed by atoms with Gasteiger partial charge in [-0.3, -0.25) is 9.59 Å². The quantitative estimate of drug-likeness (QED) is 0.899. The Morgan fingerprint density at radius 1 is 1.29 bits per heavy atom. The summed E-state index contributed by atoms with van der Waals surface area (Å²) in [5, 5.41) is 3.53. The number of fused-ring (bicyclic) bond motifs is 1. The molecule has 0 bridgehead atoms. The number of hydrogen-bond acceptors (Lipinski definition) is 3. The Balaban J connectivity index is 1.63. The molecule has 0 aliphatic heterocycles. The molecule has 0 radical (unpaired) electrons. The Hall–Kier alpha value is -2.17. The average Bonchev–Trinajstić information content (AvgIpc) is 3.01. The van der Waals surface area contributed by atoms with E-state index in [1.54, 1.807) is 6.07 Å². The Morgan fingerprint density at radius 2 is 2.05 bits per heavy atom. The fourth-order valence-corrected chi connectivity index (χ4v) is 2.89. The Kier molecular flexibility index (Phi) is 3.99. The Morgan fingerprint density at radius 3 is 2.86 bits per heavy atom. The molecule has 0 unspecified atom stereocenters. The maximum atomic E-state index is 11.9. The van der Waals surface area contributed by atoms with Crippen LogP contribution in [0, 0.1) is 5.92 Å². The molecule has 1 aliphatic rings. The van der Waals surface area contributed by atoms with Gasteiger partial charge in [0.2, 0.25) is 5.91 Å². The molecule has 1 saturated carbocycles. The molecular weight excluding hydrogens is 266 g/mol. The first-order valence-electron chi connectivity index (χ1n) is 7.50. The normalized spacial score (nSPS) is 15.4. The van der Waals surface area contributed by atoms with Gasteiger partial charge in [-0.15, -0.1) is 0 Å². The van der Waals surface area contributed by atoms with Crippen molar-refractivity contribution in [2.24, 2.45) is 5.92 Å². The van der Waals surface area contributed by atoms with Crippen molar-refractivity contribution in [3.05, 3.63) is 40.4 Å². The van der Waals surface area contributed by atoms with E-state index in [-0.39, 0.29) is 17.4 Å². The molecule has 1 aliphatic carbocycles. The maximum Gasteiger partial charge on any atom is 0.258 e. The van der Waals surface area contributed by atoms with Gasteiger partial charge in [-0.05, 0) is 25.0 Å². The van der Waals surface area contributed by atoms with E-state index in [1.807, 2.05) is 18.2 Å². The predicted molar refractivity (Wildman–Crippen MR) is 81.0 cm³/mol. The van der Waals surface area contributed by atoms with Crippen molar-refractivity contribution in [1.29, 1.82) is 0 Å². The lowest BCUT2D eigenvalue weighted by Gasteiger charge is -2.10. The highest BCUT2D eigenvalue weighted by Crippen LogP contribution is 2.24. The highest BCUT2D eigenvalue weighted by molar-refractivity contribution is 5.79. The van der Waals surface area contributed by atoms with Gasteiger partial charge >= 0.3 is 0 Å². The maximum absolute atomic E-state index is 11.9. The zero-order valence-electron chi connectivity index (χ0n) is 11.9. The summed E-state index contributed by atoms with van der Waals surface area (Å²) in [5.74, 6) is 0.926. The van der Waals surface area contributed by atoms with E-state index in [9.17, 15) is 9.59 Å². The second kappa shape index (κ2) is 6.08. The van der Waals surface area contributed by atoms with E-state index in [0.717, 1.165) is 25.7 Å². The molecule has 1 amide bonds. The highest BCUT2D eigenvalue weighted by atomic mass is 16.2. The highest BCUT2D eigenvalue weighted by Gasteiger charge is 2.21. The zero-order valence-corrected chi connectivity index (χ0v) is 11.9. The second-order valence-electron chi connectivity index (χ2n) is 5.55. The number of H-pyrrole nitrogens is 1. The minimum atomic E-state index is -0.127. The minimum Gasteiger partial charge on any atom is -0.355 e. The van der Waals surface area contributed by atoms with Gasteiger partial charge < -0.3 is 10.3 Å². The van der Waals surface area contributed by atoms with Crippen LogP contribution >= 0.6 is 0 Å². The summed E-state index contributed by atoms with van der Waals surface area (Å²) in [6.07, 6.45) is 4.83. The van der Waals surface area contributed by atoms with Crippen LogP contribution in [-0.2, 0) is 11.2 Å². The third kappa shape index (κ3) is 3.12. The third-order valence-corrected chi connectivity index (χ3v) is 4.05. The molecule has 21 heavy (non-hydrogen) atoms. The zero-order chi connectivity index (χ0) is 14.7. The number of nitrogens with zero attached hydrogens (tertiary/aromatic N) is 1. The topological polar surface area (TPSA) is 74.8 Å². The van der Waals surface area contributed by atoms with Crippen LogP contribution < -0.4 is 10.9 Å². The van der Waals surface area contributed by atoms with E-state index in [4.69, 9.17) is 0 Å². The van der Waals surface area contributed by atoms with Crippen LogP contribution in [0.4, 0.5) is 0 Å². The third-order valence-electron chi connectivity index (χ3n) is 4.05. The summed E-state index contributed by atoms with van der Waals surface area (Å²) in [4.78, 5) is 31.0. The number of carbonyl (C=O) groups excluding carboxylic acids is 1. The molecule has 3 rings (SSSR count). The van der Waals surface area contributed by atoms with Gasteiger partial charge in [0.05, 0.1) is 10.9 Å². The van der Waals surface area contributed by atoms with Gasteiger partial charge in [0.1, 0.15) is 5.82 Å². The lowest BCUT2D eigenvalue weighted by molar-refractivity contribution is -0.124. The molecule has 1 fully saturated rings. The van der Waals surface area contributed by atoms with Crippen molar-refractivity contribution >= 4 is 16.8 Å². The van der Waals surface area contributed by atoms with Gasteiger partial charge in [0.25, 0.3) is 5.56 Å². The summed E-state index contributed by atoms with van der Waals surface area (Å²) in [6, 6.07) is 7.26. The van der Waals surface area contributed by atoms with Crippen molar-refractivity contribution in [2.75, 3.05) is 6.54 Å². The summed E-state index contributed by atoms with van der Waals surface area (Å²) in [7, 11) is 0. The largest absolute Gasteiger partial charge is 0.355 e. The smallest absolute Gasteiger partial charge is 0.258 e. The number of amides is 1. The van der Waals surface area contributed by atoms with E-state index in [0.29, 0.717) is 29.7 Å². The van der Waals surface area contributed by atoms with Gasteiger partial charge in [-0.25, -0.2) is 4.98 Å². The summed E-state index contributed by atoms with van der Waals surface area (Å²) < 4.78 is 0. The number of nitrogens with one attached hydrogen (secondary N) is 2. The first-order valence-corrected chi connectivity index (χ1v) is 7.50. The van der Waals surface area contributed by atoms with Crippen LogP contribution in [0.25, 0.3) is 10.9 Å². The van der Waals surface area contributed by atoms with E-state index in [1.165, 1.54) is 0 Å². The molecule has 1 aromatic heterocycles. The van der Waals surface area contributed by atoms with Gasteiger partial charge in [0.15, 0.2) is 0 Å². The molecule has 0 saturated heterocycles. The number of aromatic amines is 1. The molecule has 2 N–H and O–H groups in total. The van der Waals surface area contributed by atoms with Gasteiger partial charge in [0, 0.05) is 18.9 Å². The van der Waals surface area contributed by atoms with Crippen LogP contribution in [0.3, 0.4) is 0 Å². The second-order valence-corrected chi connectivity index (χ2v) is 5.55. The van der Waals surface area contributed by atoms with E-state index in [2.05, 4.69) is 15.3 Å². The number of aromatic nitrogens is 2. The standard InChI is InChI=1S/C16H19N3O2/c20-15(11-5-1-2-6-11)17-10-9-14-18-13-8-4-3-7-12(13)16(21)19-14/h3-4,7-8,11H,1-2,5-6,9-10H2,(H,17,20)(H,18,19,21). The number of benzene rings is 1. The SMILES string of the molecule is O=C(NCCc1nc2ccccc2c(=O)[nH]1)C1CCCC1. The fourth-order valence-electron chi connectivity index (χ4n) is 2.89. The number of carbonyl (C=O) groups is 1. The first-order chi connectivity index (χ1) is 10.2. The molecule has 0 atom stereocenters. The van der Waals surface area contributed by atoms with Crippen molar-refractivity contribution in [3.63, 3.8) is 0 Å². The van der Waals surface area contributed by atoms with Crippen LogP contribution in [0.1, 0.15) is 31.5 Å². The van der Waals surface area contributed by atoms with Crippen LogP contribution in [0.5, 0.6) is 0 Å². The summed E-state index contributed by atoms with van der Waals surface area (Å²) >= 11 is 0. The van der Waals surface area contributed by atoms with Crippen molar-refractivity contribution in [2.45, 2.75) is 32.1 Å². The van der Waals surface area contributed by atoms with Crippen molar-refractivity contribution in [1.82, 2.24) is 15.3 Å². The molecule has 1 aromatic carbocycles. The monoisotopic (exact) mass is 285 g/mol. The van der Waals surface area contributed by atoms with Gasteiger partial charge in [-0.1, -0.05) is 25.0 Å². The Bertz CT molecular complexity index is 702. The molecule has 0 spiro atoms. The lowest BCUT2D eigenvalue weighted by atomic mass is 10.1. The average molecular weight is 285 g/mol. The molecule has 5 nitrogen and oxygen atoms in total. The molecule has 2 aromatic rings. The van der Waals surface area contributed by atoms with Crippen LogP contribution in [-0.4, -0.2) is 22.4 Å². The molecular formula is C16H19N3O2. The van der Waals surface area contributed by atoms with Crippen molar-refractivity contribution < 1.29 is 4.79 Å². The van der Waals surface area contributed by atoms with Gasteiger partial charge in [-0.2, -0.15) is 0 Å².